The molecule has 3 unspecified atom stereocenters. The van der Waals surface area contributed by atoms with Crippen molar-refractivity contribution in [3.8, 4) is 0 Å². The predicted molar refractivity (Wildman–Crippen MR) is 78.2 cm³/mol. The Morgan fingerprint density at radius 1 is 1.41 bits per heavy atom. The summed E-state index contributed by atoms with van der Waals surface area (Å²) in [5.74, 6) is 0. The first-order valence-corrected chi connectivity index (χ1v) is 8.04. The molecule has 2 heterocycles. The van der Waals surface area contributed by atoms with Gasteiger partial charge >= 0.3 is 0 Å². The highest BCUT2D eigenvalue weighted by Crippen LogP contribution is 2.30. The Hall–Kier alpha value is 0.100. The lowest BCUT2D eigenvalue weighted by Gasteiger charge is -2.40. The molecule has 0 radical (unpaired) electrons. The average molecular weight is 317 g/mol. The molecular formula is C13H21BrN2S. The van der Waals surface area contributed by atoms with Crippen molar-refractivity contribution >= 4 is 27.3 Å². The normalized spacial score (nSPS) is 28.2. The highest BCUT2D eigenvalue weighted by Gasteiger charge is 2.26. The van der Waals surface area contributed by atoms with Crippen LogP contribution < -0.4 is 5.43 Å². The van der Waals surface area contributed by atoms with Gasteiger partial charge in [0, 0.05) is 21.4 Å². The monoisotopic (exact) mass is 316 g/mol. The van der Waals surface area contributed by atoms with E-state index in [0.29, 0.717) is 18.1 Å². The van der Waals surface area contributed by atoms with Crippen molar-refractivity contribution in [2.45, 2.75) is 58.2 Å². The number of hydrogen-bond acceptors (Lipinski definition) is 3. The molecule has 96 valence electrons. The molecule has 17 heavy (non-hydrogen) atoms. The number of thiophene rings is 1. The molecular weight excluding hydrogens is 296 g/mol. The molecule has 1 N–H and O–H groups in total. The van der Waals surface area contributed by atoms with Gasteiger partial charge in [-0.25, -0.2) is 10.4 Å². The quantitative estimate of drug-likeness (QED) is 0.892. The molecule has 1 aromatic heterocycles. The third-order valence-electron chi connectivity index (χ3n) is 3.57. The fourth-order valence-corrected chi connectivity index (χ4v) is 4.29. The first-order valence-electron chi connectivity index (χ1n) is 6.37. The van der Waals surface area contributed by atoms with E-state index in [0.717, 1.165) is 0 Å². The van der Waals surface area contributed by atoms with E-state index in [1.807, 2.05) is 11.3 Å². The van der Waals surface area contributed by atoms with Gasteiger partial charge in [0.15, 0.2) is 0 Å². The van der Waals surface area contributed by atoms with Crippen LogP contribution in [-0.4, -0.2) is 17.1 Å². The van der Waals surface area contributed by atoms with Gasteiger partial charge in [0.05, 0.1) is 6.04 Å². The summed E-state index contributed by atoms with van der Waals surface area (Å²) in [4.78, 5) is 1.38. The van der Waals surface area contributed by atoms with E-state index in [1.54, 1.807) is 0 Å². The van der Waals surface area contributed by atoms with Crippen LogP contribution in [0.1, 0.15) is 51.0 Å². The topological polar surface area (TPSA) is 15.3 Å². The van der Waals surface area contributed by atoms with Gasteiger partial charge in [-0.1, -0.05) is 6.42 Å². The van der Waals surface area contributed by atoms with Gasteiger partial charge in [0.1, 0.15) is 0 Å². The molecule has 1 saturated heterocycles. The maximum absolute atomic E-state index is 3.68. The van der Waals surface area contributed by atoms with Crippen molar-refractivity contribution in [2.24, 2.45) is 0 Å². The molecule has 1 aliphatic heterocycles. The number of nitrogens with one attached hydrogen (secondary N) is 1. The Morgan fingerprint density at radius 3 is 2.59 bits per heavy atom. The molecule has 1 fully saturated rings. The van der Waals surface area contributed by atoms with Crippen LogP contribution in [0.2, 0.25) is 0 Å². The minimum absolute atomic E-state index is 0.382. The van der Waals surface area contributed by atoms with Crippen molar-refractivity contribution < 1.29 is 0 Å². The molecule has 3 atom stereocenters. The second kappa shape index (κ2) is 5.83. The second-order valence-corrected chi connectivity index (χ2v) is 6.82. The smallest absolute Gasteiger partial charge is 0.0541 e. The summed E-state index contributed by atoms with van der Waals surface area (Å²) in [7, 11) is 0. The average Bonchev–Trinajstić information content (AvgIpc) is 2.70. The largest absolute Gasteiger partial charge is 0.247 e. The first kappa shape index (κ1) is 13.5. The summed E-state index contributed by atoms with van der Waals surface area (Å²) in [6.07, 6.45) is 3.96. The summed E-state index contributed by atoms with van der Waals surface area (Å²) in [6.45, 7) is 6.88. The fraction of sp³-hybridized carbons (Fsp3) is 0.692. The van der Waals surface area contributed by atoms with Crippen LogP contribution in [0, 0.1) is 0 Å². The fourth-order valence-electron chi connectivity index (χ4n) is 2.57. The third kappa shape index (κ3) is 3.11. The van der Waals surface area contributed by atoms with Crippen molar-refractivity contribution in [3.63, 3.8) is 0 Å². The van der Waals surface area contributed by atoms with Crippen molar-refractivity contribution in [2.75, 3.05) is 0 Å². The Balaban J connectivity index is 2.02. The second-order valence-electron chi connectivity index (χ2n) is 5.02. The molecule has 0 aromatic carbocycles. The molecule has 2 nitrogen and oxygen atoms in total. The molecule has 0 saturated carbocycles. The number of hydrogen-bond donors (Lipinski definition) is 1. The summed E-state index contributed by atoms with van der Waals surface area (Å²) >= 11 is 5.43. The summed E-state index contributed by atoms with van der Waals surface area (Å²) in [6, 6.07) is 3.79. The molecule has 0 amide bonds. The van der Waals surface area contributed by atoms with Gasteiger partial charge < -0.3 is 0 Å². The number of rotatable bonds is 3. The van der Waals surface area contributed by atoms with E-state index < -0.39 is 0 Å². The van der Waals surface area contributed by atoms with E-state index in [4.69, 9.17) is 0 Å². The van der Waals surface area contributed by atoms with Crippen LogP contribution in [-0.2, 0) is 0 Å². The summed E-state index contributed by atoms with van der Waals surface area (Å²) in [5.41, 5.74) is 3.68. The van der Waals surface area contributed by atoms with Crippen molar-refractivity contribution in [1.82, 2.24) is 10.4 Å². The number of hydrazine groups is 1. The zero-order chi connectivity index (χ0) is 12.4. The lowest BCUT2D eigenvalue weighted by Crippen LogP contribution is -2.52. The zero-order valence-corrected chi connectivity index (χ0v) is 13.1. The number of halogens is 1. The molecule has 1 aromatic rings. The van der Waals surface area contributed by atoms with Crippen LogP contribution >= 0.6 is 27.3 Å². The number of piperidine rings is 1. The van der Waals surface area contributed by atoms with E-state index >= 15 is 0 Å². The van der Waals surface area contributed by atoms with Crippen molar-refractivity contribution in [1.29, 1.82) is 0 Å². The van der Waals surface area contributed by atoms with Crippen LogP contribution in [0.4, 0.5) is 0 Å². The van der Waals surface area contributed by atoms with E-state index in [-0.39, 0.29) is 0 Å². The Kier molecular flexibility index (Phi) is 4.64. The van der Waals surface area contributed by atoms with Gasteiger partial charge in [-0.3, -0.25) is 0 Å². The zero-order valence-electron chi connectivity index (χ0n) is 10.7. The van der Waals surface area contributed by atoms with E-state index in [1.165, 1.54) is 28.6 Å². The number of nitrogens with zero attached hydrogens (tertiary/aromatic N) is 1. The Bertz CT molecular complexity index is 356. The molecule has 4 heteroatoms. The molecule has 2 rings (SSSR count). The van der Waals surface area contributed by atoms with Crippen LogP contribution in [0.15, 0.2) is 15.9 Å². The lowest BCUT2D eigenvalue weighted by molar-refractivity contribution is 0.0324. The lowest BCUT2D eigenvalue weighted by atomic mass is 10.00. The Labute approximate surface area is 116 Å². The third-order valence-corrected chi connectivity index (χ3v) is 5.63. The van der Waals surface area contributed by atoms with Crippen LogP contribution in [0.25, 0.3) is 0 Å². The van der Waals surface area contributed by atoms with Crippen molar-refractivity contribution in [3.05, 3.63) is 20.8 Å². The predicted octanol–water partition coefficient (Wildman–Crippen LogP) is 4.34. The van der Waals surface area contributed by atoms with Crippen LogP contribution in [0.3, 0.4) is 0 Å². The molecule has 0 aliphatic carbocycles. The first-order chi connectivity index (χ1) is 8.09. The van der Waals surface area contributed by atoms with Gasteiger partial charge in [-0.2, -0.15) is 0 Å². The minimum Gasteiger partial charge on any atom is -0.247 e. The highest BCUT2D eigenvalue weighted by atomic mass is 79.9. The van der Waals surface area contributed by atoms with E-state index in [2.05, 4.69) is 58.6 Å². The maximum Gasteiger partial charge on any atom is 0.0541 e. The van der Waals surface area contributed by atoms with Gasteiger partial charge in [-0.05, 0) is 61.0 Å². The molecule has 0 bridgehead atoms. The Morgan fingerprint density at radius 2 is 2.06 bits per heavy atom. The van der Waals surface area contributed by atoms with Gasteiger partial charge in [0.25, 0.3) is 0 Å². The van der Waals surface area contributed by atoms with Crippen LogP contribution in [0.5, 0.6) is 0 Å². The standard InChI is InChI=1S/C13H21BrN2S/c1-9-5-4-6-10(2)16(9)15-11(3)13-12(14)7-8-17-13/h7-11,15H,4-6H2,1-3H3. The maximum atomic E-state index is 3.68. The highest BCUT2D eigenvalue weighted by molar-refractivity contribution is 9.10. The van der Waals surface area contributed by atoms with E-state index in [9.17, 15) is 0 Å². The SMILES string of the molecule is CC(NN1C(C)CCCC1C)c1sccc1Br. The van der Waals surface area contributed by atoms with Gasteiger partial charge in [-0.15, -0.1) is 11.3 Å². The molecule has 0 spiro atoms. The van der Waals surface area contributed by atoms with Gasteiger partial charge in [0.2, 0.25) is 0 Å². The summed E-state index contributed by atoms with van der Waals surface area (Å²) < 4.78 is 1.22. The summed E-state index contributed by atoms with van der Waals surface area (Å²) in [5, 5.41) is 4.58. The molecule has 1 aliphatic rings. The minimum atomic E-state index is 0.382.